The van der Waals surface area contributed by atoms with E-state index in [1.807, 2.05) is 31.2 Å². The Hall–Kier alpha value is -3.81. The largest absolute Gasteiger partial charge is 0.481 e. The van der Waals surface area contributed by atoms with E-state index in [4.69, 9.17) is 13.9 Å². The van der Waals surface area contributed by atoms with Crippen LogP contribution in [0.4, 0.5) is 5.69 Å². The van der Waals surface area contributed by atoms with Gasteiger partial charge in [-0.05, 0) is 62.6 Å². The van der Waals surface area contributed by atoms with E-state index in [1.165, 1.54) is 0 Å². The van der Waals surface area contributed by atoms with Gasteiger partial charge in [0.15, 0.2) is 0 Å². The molecule has 0 aliphatic heterocycles. The summed E-state index contributed by atoms with van der Waals surface area (Å²) < 4.78 is 16.1. The van der Waals surface area contributed by atoms with Crippen LogP contribution in [0.3, 0.4) is 0 Å². The van der Waals surface area contributed by atoms with Crippen LogP contribution < -0.4 is 15.4 Å². The number of pyridine rings is 1. The van der Waals surface area contributed by atoms with Gasteiger partial charge < -0.3 is 24.5 Å². The van der Waals surface area contributed by atoms with Crippen LogP contribution >= 0.6 is 0 Å². The first-order chi connectivity index (χ1) is 17.3. The van der Waals surface area contributed by atoms with Gasteiger partial charge in [-0.25, -0.2) is 4.98 Å². The van der Waals surface area contributed by atoms with Crippen molar-refractivity contribution < 1.29 is 23.5 Å². The second-order valence-electron chi connectivity index (χ2n) is 8.93. The summed E-state index contributed by atoms with van der Waals surface area (Å²) in [4.78, 5) is 28.1. The maximum atomic E-state index is 12.4. The van der Waals surface area contributed by atoms with Crippen molar-refractivity contribution in [3.8, 4) is 17.2 Å². The normalized spacial score (nSPS) is 11.7. The van der Waals surface area contributed by atoms with Crippen molar-refractivity contribution in [2.45, 2.75) is 46.6 Å². The molecule has 0 aliphatic rings. The first-order valence-electron chi connectivity index (χ1n) is 12.2. The highest BCUT2D eigenvalue weighted by Crippen LogP contribution is 2.34. The smallest absolute Gasteiger partial charge is 0.307 e. The molecular formula is C28H35N3O5. The highest BCUT2D eigenvalue weighted by atomic mass is 16.5. The van der Waals surface area contributed by atoms with Crippen molar-refractivity contribution in [2.75, 3.05) is 25.6 Å². The van der Waals surface area contributed by atoms with Gasteiger partial charge in [0.2, 0.25) is 5.88 Å². The molecule has 0 aliphatic carbocycles. The predicted octanol–water partition coefficient (Wildman–Crippen LogP) is 5.54. The SMILES string of the molecule is CCOC(=O)CCNC(=O)c1ccc(NC(CC(C)C)c2cc(-c3ccc(OC)nc3)oc2C)cc1. The molecule has 0 spiro atoms. The number of hydrogen-bond donors (Lipinski definition) is 2. The van der Waals surface area contributed by atoms with Gasteiger partial charge in [0.1, 0.15) is 11.5 Å². The first kappa shape index (κ1) is 26.8. The lowest BCUT2D eigenvalue weighted by atomic mass is 9.96. The molecule has 3 aromatic rings. The number of ether oxygens (including phenoxy) is 2. The van der Waals surface area contributed by atoms with E-state index in [9.17, 15) is 9.59 Å². The predicted molar refractivity (Wildman–Crippen MR) is 139 cm³/mol. The molecule has 1 aromatic carbocycles. The fourth-order valence-electron chi connectivity index (χ4n) is 3.90. The van der Waals surface area contributed by atoms with Crippen LogP contribution in [0.5, 0.6) is 5.88 Å². The van der Waals surface area contributed by atoms with E-state index < -0.39 is 0 Å². The van der Waals surface area contributed by atoms with Crippen LogP contribution in [0.25, 0.3) is 11.3 Å². The fraction of sp³-hybridized carbons (Fsp3) is 0.393. The second kappa shape index (κ2) is 12.8. The summed E-state index contributed by atoms with van der Waals surface area (Å²) in [5, 5.41) is 6.35. The van der Waals surface area contributed by atoms with Gasteiger partial charge in [-0.15, -0.1) is 0 Å². The molecule has 1 unspecified atom stereocenters. The molecule has 192 valence electrons. The van der Waals surface area contributed by atoms with E-state index in [0.717, 1.165) is 34.8 Å². The number of aryl methyl sites for hydroxylation is 1. The quantitative estimate of drug-likeness (QED) is 0.319. The molecule has 1 amide bonds. The van der Waals surface area contributed by atoms with Gasteiger partial charge in [0, 0.05) is 41.2 Å². The third-order valence-corrected chi connectivity index (χ3v) is 5.68. The van der Waals surface area contributed by atoms with Crippen LogP contribution in [0.1, 0.15) is 61.3 Å². The molecule has 2 N–H and O–H groups in total. The average molecular weight is 494 g/mol. The van der Waals surface area contributed by atoms with E-state index in [1.54, 1.807) is 32.4 Å². The lowest BCUT2D eigenvalue weighted by molar-refractivity contribution is -0.142. The number of anilines is 1. The summed E-state index contributed by atoms with van der Waals surface area (Å²) in [6, 6.07) is 13.1. The van der Waals surface area contributed by atoms with Crippen LogP contribution in [-0.4, -0.2) is 37.1 Å². The van der Waals surface area contributed by atoms with E-state index in [2.05, 4.69) is 35.5 Å². The first-order valence-corrected chi connectivity index (χ1v) is 12.2. The Kier molecular flexibility index (Phi) is 9.50. The number of hydrogen-bond acceptors (Lipinski definition) is 7. The minimum Gasteiger partial charge on any atom is -0.481 e. The third-order valence-electron chi connectivity index (χ3n) is 5.68. The molecule has 0 fully saturated rings. The minimum atomic E-state index is -0.325. The van der Waals surface area contributed by atoms with Crippen molar-refractivity contribution in [1.82, 2.24) is 10.3 Å². The van der Waals surface area contributed by atoms with Gasteiger partial charge in [-0.2, -0.15) is 0 Å². The minimum absolute atomic E-state index is 0.0259. The molecule has 0 saturated carbocycles. The molecule has 8 heteroatoms. The average Bonchev–Trinajstić information content (AvgIpc) is 3.25. The summed E-state index contributed by atoms with van der Waals surface area (Å²) in [5.41, 5.74) is 3.39. The molecule has 2 heterocycles. The van der Waals surface area contributed by atoms with Crippen molar-refractivity contribution >= 4 is 17.6 Å². The number of nitrogens with zero attached hydrogens (tertiary/aromatic N) is 1. The highest BCUT2D eigenvalue weighted by molar-refractivity contribution is 5.94. The maximum Gasteiger partial charge on any atom is 0.307 e. The number of esters is 1. The molecule has 8 nitrogen and oxygen atoms in total. The van der Waals surface area contributed by atoms with Gasteiger partial charge >= 0.3 is 5.97 Å². The van der Waals surface area contributed by atoms with Crippen LogP contribution in [0.15, 0.2) is 53.1 Å². The molecule has 0 radical (unpaired) electrons. The standard InChI is InChI=1S/C28H35N3O5/c1-6-35-27(32)13-14-29-28(33)20-7-10-22(11-8-20)31-24(15-18(2)3)23-16-25(36-19(23)4)21-9-12-26(34-5)30-17-21/h7-12,16-18,24,31H,6,13-15H2,1-5H3,(H,29,33). The van der Waals surface area contributed by atoms with Crippen molar-refractivity contribution in [3.05, 3.63) is 65.5 Å². The van der Waals surface area contributed by atoms with Crippen LogP contribution in [0.2, 0.25) is 0 Å². The van der Waals surface area contributed by atoms with Gasteiger partial charge in [0.05, 0.1) is 26.2 Å². The number of carbonyl (C=O) groups is 2. The Labute approximate surface area is 212 Å². The number of carbonyl (C=O) groups excluding carboxylic acids is 2. The molecule has 0 saturated heterocycles. The number of nitrogens with one attached hydrogen (secondary N) is 2. The Morgan fingerprint density at radius 2 is 1.86 bits per heavy atom. The molecule has 3 rings (SSSR count). The number of methoxy groups -OCH3 is 1. The van der Waals surface area contributed by atoms with Crippen LogP contribution in [-0.2, 0) is 9.53 Å². The number of furan rings is 1. The zero-order chi connectivity index (χ0) is 26.1. The molecule has 36 heavy (non-hydrogen) atoms. The topological polar surface area (TPSA) is 103 Å². The molecule has 0 bridgehead atoms. The zero-order valence-corrected chi connectivity index (χ0v) is 21.6. The van der Waals surface area contributed by atoms with Crippen molar-refractivity contribution in [2.24, 2.45) is 5.92 Å². The van der Waals surface area contributed by atoms with Crippen LogP contribution in [0, 0.1) is 12.8 Å². The summed E-state index contributed by atoms with van der Waals surface area (Å²) >= 11 is 0. The number of aromatic nitrogens is 1. The Bertz CT molecular complexity index is 1140. The lowest BCUT2D eigenvalue weighted by Crippen LogP contribution is -2.26. The molecule has 1 atom stereocenters. The fourth-order valence-corrected chi connectivity index (χ4v) is 3.90. The summed E-state index contributed by atoms with van der Waals surface area (Å²) in [6.45, 7) is 8.65. The zero-order valence-electron chi connectivity index (χ0n) is 21.6. The Morgan fingerprint density at radius 1 is 1.11 bits per heavy atom. The monoisotopic (exact) mass is 493 g/mol. The summed E-state index contributed by atoms with van der Waals surface area (Å²) in [7, 11) is 1.59. The van der Waals surface area contributed by atoms with Gasteiger partial charge in [-0.1, -0.05) is 13.8 Å². The highest BCUT2D eigenvalue weighted by Gasteiger charge is 2.20. The van der Waals surface area contributed by atoms with Crippen molar-refractivity contribution in [1.29, 1.82) is 0 Å². The van der Waals surface area contributed by atoms with Gasteiger partial charge in [-0.3, -0.25) is 9.59 Å². The second-order valence-corrected chi connectivity index (χ2v) is 8.93. The number of rotatable bonds is 12. The number of benzene rings is 1. The summed E-state index contributed by atoms with van der Waals surface area (Å²) in [5.74, 6) is 2.05. The van der Waals surface area contributed by atoms with Gasteiger partial charge in [0.25, 0.3) is 5.91 Å². The maximum absolute atomic E-state index is 12.4. The number of amides is 1. The molecular weight excluding hydrogens is 458 g/mol. The summed E-state index contributed by atoms with van der Waals surface area (Å²) in [6.07, 6.45) is 2.79. The third kappa shape index (κ3) is 7.34. The van der Waals surface area contributed by atoms with E-state index >= 15 is 0 Å². The Morgan fingerprint density at radius 3 is 2.47 bits per heavy atom. The molecule has 2 aromatic heterocycles. The lowest BCUT2D eigenvalue weighted by Gasteiger charge is -2.21. The van der Waals surface area contributed by atoms with E-state index in [0.29, 0.717) is 24.0 Å². The van der Waals surface area contributed by atoms with E-state index in [-0.39, 0.29) is 30.9 Å². The Balaban J connectivity index is 1.70. The van der Waals surface area contributed by atoms with Crippen molar-refractivity contribution in [3.63, 3.8) is 0 Å².